The minimum Gasteiger partial charge on any atom is -0.407 e. The average molecular weight is 361 g/mol. The van der Waals surface area contributed by atoms with Gasteiger partial charge in [-0.3, -0.25) is 0 Å². The van der Waals surface area contributed by atoms with Crippen LogP contribution in [0.15, 0.2) is 18.2 Å². The average Bonchev–Trinajstić information content (AvgIpc) is 2.64. The Labute approximate surface area is 154 Å². The molecular formula is C21H34NO2Si+. The molecule has 1 aromatic carbocycles. The third kappa shape index (κ3) is 4.35. The molecule has 1 heterocycles. The van der Waals surface area contributed by atoms with Crippen LogP contribution in [0.5, 0.6) is 0 Å². The molecule has 0 aliphatic carbocycles. The summed E-state index contributed by atoms with van der Waals surface area (Å²) in [7, 11) is 2.81. The van der Waals surface area contributed by atoms with Gasteiger partial charge in [0.05, 0.1) is 26.7 Å². The van der Waals surface area contributed by atoms with Gasteiger partial charge in [0, 0.05) is 12.0 Å². The number of likely N-dealkylation sites (N-methyl/N-ethyl adjacent to an activating group) is 1. The van der Waals surface area contributed by atoms with Crippen molar-refractivity contribution in [3.05, 3.63) is 34.9 Å². The lowest BCUT2D eigenvalue weighted by Gasteiger charge is -2.38. The highest BCUT2D eigenvalue weighted by Gasteiger charge is 2.57. The lowest BCUT2D eigenvalue weighted by molar-refractivity contribution is -0.931. The Morgan fingerprint density at radius 3 is 2.44 bits per heavy atom. The minimum absolute atomic E-state index is 0.0545. The number of hydrogen-bond acceptors (Lipinski definition) is 2. The van der Waals surface area contributed by atoms with E-state index >= 15 is 0 Å². The maximum atomic E-state index is 11.5. The lowest BCUT2D eigenvalue weighted by Crippen LogP contribution is -2.47. The molecule has 138 valence electrons. The van der Waals surface area contributed by atoms with E-state index in [4.69, 9.17) is 4.43 Å². The van der Waals surface area contributed by atoms with Gasteiger partial charge in [0.2, 0.25) is 0 Å². The molecule has 4 heteroatoms. The van der Waals surface area contributed by atoms with Crippen LogP contribution in [0, 0.1) is 25.7 Å². The van der Waals surface area contributed by atoms with Crippen LogP contribution in [0.3, 0.4) is 0 Å². The van der Waals surface area contributed by atoms with Crippen molar-refractivity contribution >= 4 is 8.32 Å². The van der Waals surface area contributed by atoms with E-state index in [0.717, 1.165) is 4.48 Å². The Kier molecular flexibility index (Phi) is 5.56. The predicted octanol–water partition coefficient (Wildman–Crippen LogP) is 3.80. The van der Waals surface area contributed by atoms with Gasteiger partial charge in [0.15, 0.2) is 20.0 Å². The molecule has 1 fully saturated rings. The molecule has 3 atom stereocenters. The van der Waals surface area contributed by atoms with Crippen LogP contribution in [0.25, 0.3) is 0 Å². The number of likely N-dealkylation sites (tertiary alicyclic amines) is 1. The number of hydrogen-bond donors (Lipinski definition) is 1. The van der Waals surface area contributed by atoms with Crippen LogP contribution in [0.1, 0.15) is 36.1 Å². The van der Waals surface area contributed by atoms with E-state index in [0.29, 0.717) is 19.1 Å². The Morgan fingerprint density at radius 1 is 1.24 bits per heavy atom. The molecule has 0 spiro atoms. The monoisotopic (exact) mass is 360 g/mol. The van der Waals surface area contributed by atoms with E-state index in [9.17, 15) is 5.11 Å². The Balaban J connectivity index is 2.38. The first kappa shape index (κ1) is 20.2. The van der Waals surface area contributed by atoms with Crippen LogP contribution >= 0.6 is 0 Å². The maximum Gasteiger partial charge on any atom is 0.187 e. The molecule has 0 amide bonds. The molecule has 1 aliphatic heterocycles. The van der Waals surface area contributed by atoms with E-state index in [2.05, 4.69) is 84.5 Å². The first-order valence-electron chi connectivity index (χ1n) is 9.14. The normalized spacial score (nSPS) is 28.5. The summed E-state index contributed by atoms with van der Waals surface area (Å²) in [6.45, 7) is 13.3. The second-order valence-corrected chi connectivity index (χ2v) is 13.6. The zero-order valence-corrected chi connectivity index (χ0v) is 18.1. The van der Waals surface area contributed by atoms with Gasteiger partial charge in [-0.1, -0.05) is 24.0 Å². The fourth-order valence-electron chi connectivity index (χ4n) is 3.76. The van der Waals surface area contributed by atoms with Gasteiger partial charge in [0.1, 0.15) is 0 Å². The molecule has 25 heavy (non-hydrogen) atoms. The summed E-state index contributed by atoms with van der Waals surface area (Å²) >= 11 is 0. The second-order valence-electron chi connectivity index (χ2n) is 9.06. The van der Waals surface area contributed by atoms with Crippen LogP contribution in [-0.4, -0.2) is 50.3 Å². The van der Waals surface area contributed by atoms with Gasteiger partial charge in [-0.05, 0) is 57.6 Å². The highest BCUT2D eigenvalue weighted by Crippen LogP contribution is 2.47. The van der Waals surface area contributed by atoms with E-state index in [1.807, 2.05) is 0 Å². The van der Waals surface area contributed by atoms with E-state index in [1.165, 1.54) is 16.7 Å². The second kappa shape index (κ2) is 6.89. The first-order valence-corrected chi connectivity index (χ1v) is 12.5. The molecule has 1 saturated heterocycles. The van der Waals surface area contributed by atoms with E-state index < -0.39 is 13.9 Å². The summed E-state index contributed by atoms with van der Waals surface area (Å²) in [5, 5.41) is 11.5. The van der Waals surface area contributed by atoms with Gasteiger partial charge in [0.25, 0.3) is 0 Å². The standard InChI is InChI=1S/C21H34NO2Si/c1-16-10-11-19(14-17(16)2)20-21(23,15-18(3)22(20,4)5)12-9-13-24-25(6,7)8/h10-11,14,18,20,23H,13,15H2,1-8H3/q+1. The SMILES string of the molecule is Cc1ccc(C2C(O)(C#CCO[Si](C)(C)C)CC(C)[N+]2(C)C)cc1C. The van der Waals surface area contributed by atoms with Crippen molar-refractivity contribution < 1.29 is 14.0 Å². The van der Waals surface area contributed by atoms with Crippen LogP contribution in [0.4, 0.5) is 0 Å². The Hall–Kier alpha value is -1.12. The van der Waals surface area contributed by atoms with Crippen molar-refractivity contribution in [1.29, 1.82) is 0 Å². The number of rotatable bonds is 3. The largest absolute Gasteiger partial charge is 0.407 e. The fourth-order valence-corrected chi connectivity index (χ4v) is 4.26. The highest BCUT2D eigenvalue weighted by atomic mass is 28.4. The van der Waals surface area contributed by atoms with Crippen LogP contribution < -0.4 is 0 Å². The van der Waals surface area contributed by atoms with E-state index in [1.54, 1.807) is 0 Å². The molecule has 1 N–H and O–H groups in total. The molecule has 0 radical (unpaired) electrons. The summed E-state index contributed by atoms with van der Waals surface area (Å²) in [5.41, 5.74) is 2.68. The third-order valence-corrected chi connectivity index (χ3v) is 6.60. The molecule has 3 unspecified atom stereocenters. The molecule has 1 aromatic rings. The highest BCUT2D eigenvalue weighted by molar-refractivity contribution is 6.69. The van der Waals surface area contributed by atoms with Gasteiger partial charge >= 0.3 is 0 Å². The zero-order chi connectivity index (χ0) is 19.0. The number of nitrogens with zero attached hydrogens (tertiary/aromatic N) is 1. The van der Waals surface area contributed by atoms with Crippen molar-refractivity contribution in [2.24, 2.45) is 0 Å². The van der Waals surface area contributed by atoms with Crippen molar-refractivity contribution in [3.63, 3.8) is 0 Å². The minimum atomic E-state index is -1.58. The van der Waals surface area contributed by atoms with Crippen LogP contribution in [0.2, 0.25) is 19.6 Å². The Morgan fingerprint density at radius 2 is 1.88 bits per heavy atom. The molecule has 2 rings (SSSR count). The molecule has 0 bridgehead atoms. The van der Waals surface area contributed by atoms with Gasteiger partial charge in [-0.2, -0.15) is 0 Å². The third-order valence-electron chi connectivity index (χ3n) is 5.59. The number of aliphatic hydroxyl groups is 1. The summed E-state index contributed by atoms with van der Waals surface area (Å²) < 4.78 is 6.58. The summed E-state index contributed by atoms with van der Waals surface area (Å²) in [4.78, 5) is 0. The summed E-state index contributed by atoms with van der Waals surface area (Å²) in [5.74, 6) is 6.30. The molecule has 0 saturated carbocycles. The number of benzene rings is 1. The molecule has 0 aromatic heterocycles. The van der Waals surface area contributed by atoms with Gasteiger partial charge in [-0.25, -0.2) is 0 Å². The van der Waals surface area contributed by atoms with Gasteiger partial charge in [-0.15, -0.1) is 0 Å². The molecular weight excluding hydrogens is 326 g/mol. The lowest BCUT2D eigenvalue weighted by atomic mass is 9.87. The van der Waals surface area contributed by atoms with Crippen molar-refractivity contribution in [2.45, 2.75) is 64.5 Å². The maximum absolute atomic E-state index is 11.5. The number of aryl methyl sites for hydroxylation is 2. The topological polar surface area (TPSA) is 29.5 Å². The fraction of sp³-hybridized carbons (Fsp3) is 0.619. The first-order chi connectivity index (χ1) is 11.4. The van der Waals surface area contributed by atoms with Crippen molar-refractivity contribution in [3.8, 4) is 11.8 Å². The van der Waals surface area contributed by atoms with E-state index in [-0.39, 0.29) is 6.04 Å². The molecule has 1 aliphatic rings. The van der Waals surface area contributed by atoms with Crippen LogP contribution in [-0.2, 0) is 4.43 Å². The summed E-state index contributed by atoms with van der Waals surface area (Å²) in [6.07, 6.45) is 0.678. The van der Waals surface area contributed by atoms with Crippen molar-refractivity contribution in [1.82, 2.24) is 0 Å². The molecule has 3 nitrogen and oxygen atoms in total. The Bertz CT molecular complexity index is 696. The number of quaternary nitrogens is 1. The van der Waals surface area contributed by atoms with Gasteiger partial charge < -0.3 is 14.0 Å². The zero-order valence-electron chi connectivity index (χ0n) is 17.1. The van der Waals surface area contributed by atoms with Crippen molar-refractivity contribution in [2.75, 3.05) is 20.7 Å². The summed E-state index contributed by atoms with van der Waals surface area (Å²) in [6, 6.07) is 6.79. The quantitative estimate of drug-likeness (QED) is 0.505. The smallest absolute Gasteiger partial charge is 0.187 e. The predicted molar refractivity (Wildman–Crippen MR) is 107 cm³/mol.